The summed E-state index contributed by atoms with van der Waals surface area (Å²) in [7, 11) is 0. The average Bonchev–Trinajstić information content (AvgIpc) is 3.01. The molecule has 1 aliphatic rings. The Labute approximate surface area is 159 Å². The van der Waals surface area contributed by atoms with Crippen LogP contribution in [-0.4, -0.2) is 72.4 Å². The number of ether oxygens (including phenoxy) is 1. The monoisotopic (exact) mass is 400 g/mol. The highest BCUT2D eigenvalue weighted by Crippen LogP contribution is 2.28. The Hall–Kier alpha value is -2.54. The first-order chi connectivity index (χ1) is 13.2. The van der Waals surface area contributed by atoms with Gasteiger partial charge in [0, 0.05) is 31.1 Å². The van der Waals surface area contributed by atoms with E-state index in [1.165, 1.54) is 10.8 Å². The summed E-state index contributed by atoms with van der Waals surface area (Å²) in [6.45, 7) is -0.438. The average molecular weight is 400 g/mol. The zero-order valence-electron chi connectivity index (χ0n) is 15.1. The molecular formula is C16H24N4O8. The fourth-order valence-corrected chi connectivity index (χ4v) is 2.86. The Bertz CT molecular complexity index is 768. The number of aryl methyl sites for hydroxylation is 1. The lowest BCUT2D eigenvalue weighted by Crippen LogP contribution is -2.30. The van der Waals surface area contributed by atoms with Gasteiger partial charge in [-0.15, -0.1) is 0 Å². The molecule has 0 spiro atoms. The number of nitrogens with two attached hydrogens (primary N) is 1. The summed E-state index contributed by atoms with van der Waals surface area (Å²) < 4.78 is 6.63. The van der Waals surface area contributed by atoms with Gasteiger partial charge in [-0.25, -0.2) is 9.86 Å². The minimum atomic E-state index is -1.13. The van der Waals surface area contributed by atoms with Gasteiger partial charge in [0.2, 0.25) is 5.91 Å². The molecule has 156 valence electrons. The molecule has 1 aliphatic heterocycles. The first kappa shape index (κ1) is 21.8. The maximum Gasteiger partial charge on any atom is 0.351 e. The number of carbonyl (C=O) groups excluding carboxylic acids is 1. The number of nitrogens with zero attached hydrogens (tertiary/aromatic N) is 3. The molecule has 0 radical (unpaired) electrons. The Morgan fingerprint density at radius 1 is 1.39 bits per heavy atom. The van der Waals surface area contributed by atoms with E-state index in [1.54, 1.807) is 0 Å². The first-order valence-corrected chi connectivity index (χ1v) is 8.75. The van der Waals surface area contributed by atoms with Gasteiger partial charge in [0.1, 0.15) is 18.1 Å². The van der Waals surface area contributed by atoms with Crippen LogP contribution in [0.1, 0.15) is 37.5 Å². The Morgan fingerprint density at radius 2 is 2.11 bits per heavy atom. The lowest BCUT2D eigenvalue weighted by molar-refractivity contribution is -0.166. The number of aliphatic hydroxyl groups is 2. The lowest BCUT2D eigenvalue weighted by Gasteiger charge is -2.17. The zero-order valence-corrected chi connectivity index (χ0v) is 15.1. The molecule has 1 fully saturated rings. The van der Waals surface area contributed by atoms with E-state index in [-0.39, 0.29) is 51.1 Å². The van der Waals surface area contributed by atoms with Gasteiger partial charge in [-0.2, -0.15) is 4.98 Å². The van der Waals surface area contributed by atoms with E-state index in [2.05, 4.69) is 4.98 Å². The molecule has 1 saturated heterocycles. The smallest absolute Gasteiger partial charge is 0.351 e. The summed E-state index contributed by atoms with van der Waals surface area (Å²) in [5.41, 5.74) is 5.59. The number of aliphatic hydroxyl groups excluding tert-OH is 2. The molecule has 3 atom stereocenters. The second-order valence-electron chi connectivity index (χ2n) is 6.47. The van der Waals surface area contributed by atoms with Crippen LogP contribution in [-0.2, 0) is 20.7 Å². The minimum absolute atomic E-state index is 0.000183. The van der Waals surface area contributed by atoms with Gasteiger partial charge >= 0.3 is 11.7 Å². The van der Waals surface area contributed by atoms with Crippen molar-refractivity contribution >= 4 is 17.7 Å². The number of carbonyl (C=O) groups is 2. The van der Waals surface area contributed by atoms with Gasteiger partial charge in [-0.3, -0.25) is 19.4 Å². The summed E-state index contributed by atoms with van der Waals surface area (Å²) >= 11 is 0. The third kappa shape index (κ3) is 5.48. The van der Waals surface area contributed by atoms with Crippen LogP contribution in [0.5, 0.6) is 0 Å². The Kier molecular flexibility index (Phi) is 7.45. The topological polar surface area (TPSA) is 188 Å². The molecule has 0 aliphatic carbocycles. The number of aliphatic carboxylic acids is 1. The standard InChI is InChI=1S/C16H24N4O8/c17-15-9(2-1-5-20(27)12(23)3-4-14(24)25)7-19(16(26)18-15)13-6-10(22)11(8-21)28-13/h7,10-11,13,21-22,27H,1-6,8H2,(H,24,25)(H2,17,18,26). The van der Waals surface area contributed by atoms with Crippen LogP contribution >= 0.6 is 0 Å². The molecule has 0 aromatic carbocycles. The molecule has 12 nitrogen and oxygen atoms in total. The highest BCUT2D eigenvalue weighted by atomic mass is 16.5. The Balaban J connectivity index is 1.98. The molecule has 1 amide bonds. The molecule has 0 bridgehead atoms. The van der Waals surface area contributed by atoms with Crippen molar-refractivity contribution in [3.63, 3.8) is 0 Å². The van der Waals surface area contributed by atoms with E-state index in [1.807, 2.05) is 0 Å². The lowest BCUT2D eigenvalue weighted by atomic mass is 10.1. The van der Waals surface area contributed by atoms with Gasteiger partial charge in [0.05, 0.1) is 19.1 Å². The molecule has 3 unspecified atom stereocenters. The molecule has 2 rings (SSSR count). The van der Waals surface area contributed by atoms with E-state index in [0.717, 1.165) is 0 Å². The summed E-state index contributed by atoms with van der Waals surface area (Å²) in [5.74, 6) is -1.84. The van der Waals surface area contributed by atoms with Crippen LogP contribution in [0.15, 0.2) is 11.0 Å². The molecule has 0 saturated carbocycles. The number of hydroxylamine groups is 2. The van der Waals surface area contributed by atoms with Crippen LogP contribution in [0.2, 0.25) is 0 Å². The number of hydrogen-bond donors (Lipinski definition) is 5. The number of hydrogen-bond acceptors (Lipinski definition) is 9. The van der Waals surface area contributed by atoms with Gasteiger partial charge < -0.3 is 25.8 Å². The predicted molar refractivity (Wildman–Crippen MR) is 93.2 cm³/mol. The van der Waals surface area contributed by atoms with E-state index < -0.39 is 36.0 Å². The second kappa shape index (κ2) is 9.59. The molecular weight excluding hydrogens is 376 g/mol. The van der Waals surface area contributed by atoms with Crippen molar-refractivity contribution in [1.29, 1.82) is 0 Å². The fraction of sp³-hybridized carbons (Fsp3) is 0.625. The number of carboxylic acids is 1. The number of aromatic nitrogens is 2. The van der Waals surface area contributed by atoms with Crippen molar-refractivity contribution < 1.29 is 34.9 Å². The third-order valence-electron chi connectivity index (χ3n) is 4.41. The number of nitrogen functional groups attached to an aromatic ring is 1. The van der Waals surface area contributed by atoms with Crippen LogP contribution in [0.4, 0.5) is 5.82 Å². The van der Waals surface area contributed by atoms with E-state index in [4.69, 9.17) is 20.7 Å². The van der Waals surface area contributed by atoms with Crippen LogP contribution in [0.25, 0.3) is 0 Å². The summed E-state index contributed by atoms with van der Waals surface area (Å²) in [6, 6.07) is 0. The highest BCUT2D eigenvalue weighted by molar-refractivity contribution is 5.79. The summed E-state index contributed by atoms with van der Waals surface area (Å²) in [6.07, 6.45) is -1.07. The SMILES string of the molecule is Nc1nc(=O)n(C2CC(O)C(CO)O2)cc1CCCN(O)C(=O)CCC(=O)O. The van der Waals surface area contributed by atoms with E-state index >= 15 is 0 Å². The van der Waals surface area contributed by atoms with Crippen molar-refractivity contribution in [2.75, 3.05) is 18.9 Å². The quantitative estimate of drug-likeness (QED) is 0.240. The number of carboxylic acid groups (broad SMARTS) is 1. The van der Waals surface area contributed by atoms with Crippen LogP contribution < -0.4 is 11.4 Å². The number of anilines is 1. The number of amides is 1. The fourth-order valence-electron chi connectivity index (χ4n) is 2.86. The van der Waals surface area contributed by atoms with Gasteiger partial charge in [0.25, 0.3) is 0 Å². The first-order valence-electron chi connectivity index (χ1n) is 8.75. The summed E-state index contributed by atoms with van der Waals surface area (Å²) in [4.78, 5) is 37.9. The maximum atomic E-state index is 12.1. The zero-order chi connectivity index (χ0) is 20.8. The molecule has 28 heavy (non-hydrogen) atoms. The molecule has 1 aromatic rings. The van der Waals surface area contributed by atoms with Crippen molar-refractivity contribution in [1.82, 2.24) is 14.6 Å². The minimum Gasteiger partial charge on any atom is -0.481 e. The van der Waals surface area contributed by atoms with E-state index in [9.17, 15) is 24.7 Å². The summed E-state index contributed by atoms with van der Waals surface area (Å²) in [5, 5.41) is 37.6. The van der Waals surface area contributed by atoms with Crippen molar-refractivity contribution in [2.45, 2.75) is 50.5 Å². The Morgan fingerprint density at radius 3 is 2.71 bits per heavy atom. The van der Waals surface area contributed by atoms with Gasteiger partial charge in [-0.05, 0) is 12.8 Å². The molecule has 6 N–H and O–H groups in total. The molecule has 1 aromatic heterocycles. The number of rotatable bonds is 9. The second-order valence-corrected chi connectivity index (χ2v) is 6.47. The van der Waals surface area contributed by atoms with Gasteiger partial charge in [-0.1, -0.05) is 0 Å². The van der Waals surface area contributed by atoms with Gasteiger partial charge in [0.15, 0.2) is 0 Å². The van der Waals surface area contributed by atoms with Crippen LogP contribution in [0.3, 0.4) is 0 Å². The largest absolute Gasteiger partial charge is 0.481 e. The van der Waals surface area contributed by atoms with E-state index in [0.29, 0.717) is 10.6 Å². The normalized spacial score (nSPS) is 21.6. The molecule has 2 heterocycles. The van der Waals surface area contributed by atoms with Crippen molar-refractivity contribution in [3.8, 4) is 0 Å². The highest BCUT2D eigenvalue weighted by Gasteiger charge is 2.35. The van der Waals surface area contributed by atoms with Crippen molar-refractivity contribution in [2.24, 2.45) is 0 Å². The van der Waals surface area contributed by atoms with Crippen molar-refractivity contribution in [3.05, 3.63) is 22.2 Å². The maximum absolute atomic E-state index is 12.1. The van der Waals surface area contributed by atoms with Crippen LogP contribution in [0, 0.1) is 0 Å². The third-order valence-corrected chi connectivity index (χ3v) is 4.41. The molecule has 12 heteroatoms. The predicted octanol–water partition coefficient (Wildman–Crippen LogP) is -1.52.